The molecule has 0 bridgehead atoms. The molecule has 0 unspecified atom stereocenters. The van der Waals surface area contributed by atoms with Gasteiger partial charge in [0.1, 0.15) is 5.58 Å². The summed E-state index contributed by atoms with van der Waals surface area (Å²) in [5.74, 6) is -1.37. The first-order valence-electron chi connectivity index (χ1n) is 18.0. The minimum Gasteiger partial charge on any atom is -0.451 e. The van der Waals surface area contributed by atoms with Gasteiger partial charge in [-0.05, 0) is 80.6 Å². The molecule has 11 nitrogen and oxygen atoms in total. The lowest BCUT2D eigenvalue weighted by Gasteiger charge is -2.36. The number of nitrogens with one attached hydrogen (secondary N) is 1. The molecule has 52 heavy (non-hydrogen) atoms. The fourth-order valence-electron chi connectivity index (χ4n) is 6.69. The van der Waals surface area contributed by atoms with Crippen LogP contribution in [0.3, 0.4) is 0 Å². The number of amides is 3. The van der Waals surface area contributed by atoms with Gasteiger partial charge in [-0.15, -0.1) is 0 Å². The van der Waals surface area contributed by atoms with Gasteiger partial charge in [0.2, 0.25) is 0 Å². The van der Waals surface area contributed by atoms with Crippen molar-refractivity contribution in [2.45, 2.75) is 72.4 Å². The lowest BCUT2D eigenvalue weighted by Crippen LogP contribution is -2.46. The normalized spacial score (nSPS) is 13.9. The Kier molecular flexibility index (Phi) is 11.0. The molecule has 3 heterocycles. The van der Waals surface area contributed by atoms with Crippen LogP contribution in [0.5, 0.6) is 0 Å². The number of carbonyl (C=O) groups excluding carboxylic acids is 3. The van der Waals surface area contributed by atoms with Crippen LogP contribution in [0.15, 0.2) is 82.0 Å². The first-order chi connectivity index (χ1) is 25.1. The Morgan fingerprint density at radius 3 is 2.38 bits per heavy atom. The molecule has 3 amide bonds. The maximum absolute atomic E-state index is 14.6. The molecule has 0 spiro atoms. The Hall–Kier alpha value is -5.55. The third-order valence-corrected chi connectivity index (χ3v) is 9.60. The standard InChI is InChI=1S/C41H45N5O6/c1-5-7-17-44(18-8-6-2)41(51)34-20-27(4)46(43-34)35-15-14-30(42-39(49)38-23-36(48)33-19-26(3)13-16-37(33)52-38)22-32(35)40(50)45-24-29-12-10-9-11-28(29)21-31(45)25-47/h9-16,19-20,22-23,31,47H,5-8,17-18,21,24-25H2,1-4H3,(H,42,49)/t31-/m0/s1. The van der Waals surface area contributed by atoms with Crippen LogP contribution < -0.4 is 10.7 Å². The van der Waals surface area contributed by atoms with Crippen LogP contribution in [0.25, 0.3) is 16.7 Å². The zero-order chi connectivity index (χ0) is 36.9. The molecule has 0 fully saturated rings. The zero-order valence-corrected chi connectivity index (χ0v) is 30.1. The number of aryl methyl sites for hydroxylation is 2. The Bertz CT molecular complexity index is 2180. The average Bonchev–Trinajstić information content (AvgIpc) is 3.54. The number of fused-ring (bicyclic) bond motifs is 2. The van der Waals surface area contributed by atoms with Crippen LogP contribution in [-0.2, 0) is 13.0 Å². The number of aromatic nitrogens is 2. The van der Waals surface area contributed by atoms with Gasteiger partial charge in [-0.2, -0.15) is 5.10 Å². The van der Waals surface area contributed by atoms with Gasteiger partial charge in [0.25, 0.3) is 17.7 Å². The molecule has 270 valence electrons. The number of rotatable bonds is 12. The monoisotopic (exact) mass is 703 g/mol. The fraction of sp³-hybridized carbons (Fsp3) is 0.341. The molecular weight excluding hydrogens is 658 g/mol. The smallest absolute Gasteiger partial charge is 0.291 e. The third-order valence-electron chi connectivity index (χ3n) is 9.60. The molecule has 6 rings (SSSR count). The van der Waals surface area contributed by atoms with Crippen molar-refractivity contribution in [2.24, 2.45) is 0 Å². The highest BCUT2D eigenvalue weighted by molar-refractivity contribution is 6.05. The van der Waals surface area contributed by atoms with Crippen LogP contribution in [0.1, 0.15) is 93.3 Å². The Morgan fingerprint density at radius 1 is 0.942 bits per heavy atom. The highest BCUT2D eigenvalue weighted by Gasteiger charge is 2.32. The predicted molar refractivity (Wildman–Crippen MR) is 200 cm³/mol. The molecule has 1 aliphatic heterocycles. The maximum atomic E-state index is 14.6. The number of unbranched alkanes of at least 4 members (excludes halogenated alkanes) is 2. The minimum absolute atomic E-state index is 0.166. The Balaban J connectivity index is 1.39. The van der Waals surface area contributed by atoms with E-state index in [1.54, 1.807) is 52.0 Å². The Labute approximate surface area is 302 Å². The summed E-state index contributed by atoms with van der Waals surface area (Å²) in [7, 11) is 0. The fourth-order valence-corrected chi connectivity index (χ4v) is 6.69. The van der Waals surface area contributed by atoms with Crippen molar-refractivity contribution >= 4 is 34.4 Å². The summed E-state index contributed by atoms with van der Waals surface area (Å²) < 4.78 is 7.39. The number of hydrogen-bond acceptors (Lipinski definition) is 7. The van der Waals surface area contributed by atoms with E-state index in [9.17, 15) is 24.3 Å². The van der Waals surface area contributed by atoms with Crippen molar-refractivity contribution in [3.63, 3.8) is 0 Å². The van der Waals surface area contributed by atoms with E-state index in [-0.39, 0.29) is 58.7 Å². The molecule has 2 N–H and O–H groups in total. The summed E-state index contributed by atoms with van der Waals surface area (Å²) in [6.45, 7) is 9.19. The van der Waals surface area contributed by atoms with Gasteiger partial charge >= 0.3 is 0 Å². The number of hydrogen-bond donors (Lipinski definition) is 2. The van der Waals surface area contributed by atoms with Gasteiger partial charge in [-0.1, -0.05) is 62.6 Å². The summed E-state index contributed by atoms with van der Waals surface area (Å²) in [5, 5.41) is 18.3. The van der Waals surface area contributed by atoms with E-state index in [4.69, 9.17) is 9.52 Å². The van der Waals surface area contributed by atoms with Crippen molar-refractivity contribution in [1.29, 1.82) is 0 Å². The molecule has 0 saturated heterocycles. The first kappa shape index (κ1) is 36.2. The summed E-state index contributed by atoms with van der Waals surface area (Å²) in [6.07, 6.45) is 4.17. The van der Waals surface area contributed by atoms with E-state index in [0.717, 1.165) is 48.4 Å². The number of nitrogens with zero attached hydrogens (tertiary/aromatic N) is 4. The van der Waals surface area contributed by atoms with Crippen LogP contribution in [0.4, 0.5) is 5.69 Å². The average molecular weight is 704 g/mol. The van der Waals surface area contributed by atoms with Crippen molar-refractivity contribution < 1.29 is 23.9 Å². The molecule has 0 aliphatic carbocycles. The van der Waals surface area contributed by atoms with Gasteiger partial charge in [0.15, 0.2) is 16.9 Å². The summed E-state index contributed by atoms with van der Waals surface area (Å²) in [6, 6.07) is 20.3. The molecule has 3 aromatic carbocycles. The molecule has 0 saturated carbocycles. The highest BCUT2D eigenvalue weighted by Crippen LogP contribution is 2.29. The largest absolute Gasteiger partial charge is 0.451 e. The predicted octanol–water partition coefficient (Wildman–Crippen LogP) is 6.45. The first-order valence-corrected chi connectivity index (χ1v) is 18.0. The second kappa shape index (κ2) is 15.8. The van der Waals surface area contributed by atoms with Gasteiger partial charge < -0.3 is 24.6 Å². The molecule has 1 aliphatic rings. The van der Waals surface area contributed by atoms with Gasteiger partial charge in [-0.3, -0.25) is 19.2 Å². The van der Waals surface area contributed by atoms with Crippen LogP contribution in [0.2, 0.25) is 0 Å². The molecule has 5 aromatic rings. The lowest BCUT2D eigenvalue weighted by atomic mass is 9.93. The number of benzene rings is 3. The molecule has 0 radical (unpaired) electrons. The van der Waals surface area contributed by atoms with E-state index in [1.807, 2.05) is 43.0 Å². The van der Waals surface area contributed by atoms with Gasteiger partial charge in [0.05, 0.1) is 29.3 Å². The summed E-state index contributed by atoms with van der Waals surface area (Å²) >= 11 is 0. The SMILES string of the molecule is CCCCN(CCCC)C(=O)c1cc(C)n(-c2ccc(NC(=O)c3cc(=O)c4cc(C)ccc4o3)cc2C(=O)N2Cc3ccccc3C[C@H]2CO)n1. The van der Waals surface area contributed by atoms with E-state index < -0.39 is 11.9 Å². The van der Waals surface area contributed by atoms with Crippen molar-refractivity contribution in [2.75, 3.05) is 25.0 Å². The van der Waals surface area contributed by atoms with Gasteiger partial charge in [-0.25, -0.2) is 4.68 Å². The second-order valence-electron chi connectivity index (χ2n) is 13.5. The van der Waals surface area contributed by atoms with Crippen molar-refractivity contribution in [1.82, 2.24) is 19.6 Å². The van der Waals surface area contributed by atoms with E-state index >= 15 is 0 Å². The minimum atomic E-state index is -0.659. The number of aliphatic hydroxyl groups is 1. The van der Waals surface area contributed by atoms with Crippen LogP contribution >= 0.6 is 0 Å². The number of aliphatic hydroxyl groups excluding tert-OH is 1. The Morgan fingerprint density at radius 2 is 1.67 bits per heavy atom. The topological polar surface area (TPSA) is 138 Å². The van der Waals surface area contributed by atoms with E-state index in [1.165, 1.54) is 0 Å². The number of carbonyl (C=O) groups is 3. The van der Waals surface area contributed by atoms with Crippen molar-refractivity contribution in [3.8, 4) is 5.69 Å². The summed E-state index contributed by atoms with van der Waals surface area (Å²) in [4.78, 5) is 58.1. The quantitative estimate of drug-likeness (QED) is 0.152. The molecule has 1 atom stereocenters. The van der Waals surface area contributed by atoms with E-state index in [0.29, 0.717) is 36.3 Å². The second-order valence-corrected chi connectivity index (χ2v) is 13.5. The molecule has 2 aromatic heterocycles. The third kappa shape index (κ3) is 7.55. The molecule has 11 heteroatoms. The lowest BCUT2D eigenvalue weighted by molar-refractivity contribution is 0.0544. The number of anilines is 1. The van der Waals surface area contributed by atoms with E-state index in [2.05, 4.69) is 19.2 Å². The van der Waals surface area contributed by atoms with Crippen molar-refractivity contribution in [3.05, 3.63) is 122 Å². The molecular formula is C41H45N5O6. The van der Waals surface area contributed by atoms with Crippen LogP contribution in [0, 0.1) is 13.8 Å². The highest BCUT2D eigenvalue weighted by atomic mass is 16.3. The maximum Gasteiger partial charge on any atom is 0.291 e. The van der Waals surface area contributed by atoms with Gasteiger partial charge in [0, 0.05) is 37.1 Å². The summed E-state index contributed by atoms with van der Waals surface area (Å²) in [5.41, 5.74) is 4.73. The zero-order valence-electron chi connectivity index (χ0n) is 30.1. The van der Waals surface area contributed by atoms with Crippen LogP contribution in [-0.4, -0.2) is 68.1 Å².